The smallest absolute Gasteiger partial charge is 0.338 e. The highest BCUT2D eigenvalue weighted by molar-refractivity contribution is 7.89. The summed E-state index contributed by atoms with van der Waals surface area (Å²) in [7, 11) is -1.31. The average Bonchev–Trinajstić information content (AvgIpc) is 2.71. The van der Waals surface area contributed by atoms with Crippen LogP contribution in [0.3, 0.4) is 0 Å². The first-order valence-electron chi connectivity index (χ1n) is 8.52. The van der Waals surface area contributed by atoms with Gasteiger partial charge in [-0.15, -0.1) is 0 Å². The number of ether oxygens (including phenoxy) is 1. The minimum absolute atomic E-state index is 0.0296. The van der Waals surface area contributed by atoms with E-state index in [9.17, 15) is 18.0 Å². The highest BCUT2D eigenvalue weighted by Gasteiger charge is 2.21. The lowest BCUT2D eigenvalue weighted by atomic mass is 10.2. The molecule has 0 fully saturated rings. The van der Waals surface area contributed by atoms with E-state index in [0.717, 1.165) is 5.69 Å². The molecule has 0 N–H and O–H groups in total. The van der Waals surface area contributed by atoms with Gasteiger partial charge in [0.1, 0.15) is 12.3 Å². The van der Waals surface area contributed by atoms with Gasteiger partial charge in [-0.3, -0.25) is 14.0 Å². The van der Waals surface area contributed by atoms with Crippen LogP contribution in [0.25, 0.3) is 5.65 Å². The fourth-order valence-corrected chi connectivity index (χ4v) is 3.64. The first-order valence-corrected chi connectivity index (χ1v) is 9.96. The van der Waals surface area contributed by atoms with Crippen molar-refractivity contribution in [3.05, 3.63) is 75.8 Å². The highest BCUT2D eigenvalue weighted by atomic mass is 32.2. The van der Waals surface area contributed by atoms with Crippen molar-refractivity contribution in [2.45, 2.75) is 18.4 Å². The van der Waals surface area contributed by atoms with Gasteiger partial charge in [-0.2, -0.15) is 0 Å². The Labute approximate surface area is 167 Å². The zero-order valence-corrected chi connectivity index (χ0v) is 16.8. The van der Waals surface area contributed by atoms with E-state index in [1.54, 1.807) is 25.1 Å². The van der Waals surface area contributed by atoms with Crippen molar-refractivity contribution in [1.29, 1.82) is 0 Å². The number of nitrogens with zero attached hydrogens (tertiary/aromatic N) is 3. The summed E-state index contributed by atoms with van der Waals surface area (Å²) in [4.78, 5) is 33.5. The van der Waals surface area contributed by atoms with E-state index >= 15 is 0 Å². The average molecular weight is 417 g/mol. The van der Waals surface area contributed by atoms with Crippen LogP contribution in [-0.2, 0) is 26.2 Å². The number of hydrogen-bond acceptors (Lipinski definition) is 7. The molecule has 0 radical (unpaired) electrons. The number of rotatable bonds is 6. The molecule has 0 aliphatic heterocycles. The molecule has 0 aliphatic carbocycles. The second kappa shape index (κ2) is 8.11. The summed E-state index contributed by atoms with van der Waals surface area (Å²) < 4.78 is 31.7. The summed E-state index contributed by atoms with van der Waals surface area (Å²) in [5, 5.41) is 0. The Kier molecular flexibility index (Phi) is 5.78. The molecule has 3 rings (SSSR count). The molecule has 1 aromatic carbocycles. The van der Waals surface area contributed by atoms with Crippen LogP contribution in [0.1, 0.15) is 21.7 Å². The SMILES string of the molecule is CON(C)S(=O)(=O)c1ccc(C(=O)OCc2cc(=O)n3c(C)cccc3n2)cc1. The lowest BCUT2D eigenvalue weighted by molar-refractivity contribution is -0.0258. The van der Waals surface area contributed by atoms with Crippen molar-refractivity contribution >= 4 is 21.6 Å². The first-order chi connectivity index (χ1) is 13.7. The number of benzene rings is 1. The van der Waals surface area contributed by atoms with E-state index in [2.05, 4.69) is 4.98 Å². The van der Waals surface area contributed by atoms with Crippen LogP contribution < -0.4 is 5.56 Å². The zero-order chi connectivity index (χ0) is 21.2. The van der Waals surface area contributed by atoms with Crippen LogP contribution in [0.2, 0.25) is 0 Å². The minimum Gasteiger partial charge on any atom is -0.456 e. The van der Waals surface area contributed by atoms with E-state index in [1.807, 2.05) is 0 Å². The first kappa shape index (κ1) is 20.6. The van der Waals surface area contributed by atoms with Crippen LogP contribution in [0, 0.1) is 6.92 Å². The fraction of sp³-hybridized carbons (Fsp3) is 0.211. The fourth-order valence-electron chi connectivity index (χ4n) is 2.67. The molecule has 2 heterocycles. The number of esters is 1. The monoisotopic (exact) mass is 417 g/mol. The molecular formula is C19H19N3O6S. The van der Waals surface area contributed by atoms with Crippen LogP contribution in [0.4, 0.5) is 0 Å². The molecule has 0 saturated carbocycles. The molecule has 3 aromatic rings. The number of sulfonamides is 1. The van der Waals surface area contributed by atoms with Crippen molar-refractivity contribution < 1.29 is 22.8 Å². The quantitative estimate of drug-likeness (QED) is 0.442. The maximum atomic E-state index is 12.3. The number of aromatic nitrogens is 2. The third kappa shape index (κ3) is 4.19. The van der Waals surface area contributed by atoms with Crippen LogP contribution in [0.5, 0.6) is 0 Å². The normalized spacial score (nSPS) is 11.7. The highest BCUT2D eigenvalue weighted by Crippen LogP contribution is 2.16. The van der Waals surface area contributed by atoms with Gasteiger partial charge >= 0.3 is 5.97 Å². The summed E-state index contributed by atoms with van der Waals surface area (Å²) >= 11 is 0. The third-order valence-corrected chi connectivity index (χ3v) is 5.96. The largest absolute Gasteiger partial charge is 0.456 e. The third-order valence-electron chi connectivity index (χ3n) is 4.27. The van der Waals surface area contributed by atoms with Gasteiger partial charge in [0.15, 0.2) is 0 Å². The van der Waals surface area contributed by atoms with Gasteiger partial charge in [0.05, 0.1) is 23.3 Å². The number of carbonyl (C=O) groups is 1. The Hall–Kier alpha value is -3.08. The summed E-state index contributed by atoms with van der Waals surface area (Å²) in [5.74, 6) is -0.666. The van der Waals surface area contributed by atoms with Gasteiger partial charge in [0.25, 0.3) is 15.6 Å². The summed E-state index contributed by atoms with van der Waals surface area (Å²) in [5.41, 5.74) is 1.42. The molecule has 9 nitrogen and oxygen atoms in total. The predicted octanol–water partition coefficient (Wildman–Crippen LogP) is 1.54. The van der Waals surface area contributed by atoms with Crippen LogP contribution >= 0.6 is 0 Å². The van der Waals surface area contributed by atoms with Crippen molar-refractivity contribution in [2.24, 2.45) is 0 Å². The summed E-state index contributed by atoms with van der Waals surface area (Å²) in [6.45, 7) is 1.61. The number of aryl methyl sites for hydroxylation is 1. The Morgan fingerprint density at radius 2 is 1.86 bits per heavy atom. The molecule has 0 bridgehead atoms. The zero-order valence-electron chi connectivity index (χ0n) is 16.0. The molecular weight excluding hydrogens is 398 g/mol. The number of carbonyl (C=O) groups excluding carboxylic acids is 1. The number of pyridine rings is 1. The molecule has 0 aliphatic rings. The van der Waals surface area contributed by atoms with Crippen LogP contribution in [-0.4, -0.2) is 42.4 Å². The summed E-state index contributed by atoms with van der Waals surface area (Å²) in [6, 6.07) is 11.8. The topological polar surface area (TPSA) is 107 Å². The van der Waals surface area contributed by atoms with Crippen molar-refractivity contribution in [3.63, 3.8) is 0 Å². The van der Waals surface area contributed by atoms with E-state index in [4.69, 9.17) is 9.57 Å². The van der Waals surface area contributed by atoms with Gasteiger partial charge in [0, 0.05) is 18.8 Å². The molecule has 152 valence electrons. The maximum Gasteiger partial charge on any atom is 0.338 e. The van der Waals surface area contributed by atoms with E-state index < -0.39 is 16.0 Å². The molecule has 29 heavy (non-hydrogen) atoms. The summed E-state index contributed by atoms with van der Waals surface area (Å²) in [6.07, 6.45) is 0. The Morgan fingerprint density at radius 3 is 2.52 bits per heavy atom. The van der Waals surface area contributed by atoms with Gasteiger partial charge < -0.3 is 4.74 Å². The van der Waals surface area contributed by atoms with E-state index in [0.29, 0.717) is 15.8 Å². The van der Waals surface area contributed by atoms with Crippen molar-refractivity contribution in [1.82, 2.24) is 13.9 Å². The second-order valence-corrected chi connectivity index (χ2v) is 8.08. The number of fused-ring (bicyclic) bond motifs is 1. The van der Waals surface area contributed by atoms with Gasteiger partial charge in [-0.25, -0.2) is 18.2 Å². The molecule has 0 amide bonds. The lowest BCUT2D eigenvalue weighted by Crippen LogP contribution is -2.25. The van der Waals surface area contributed by atoms with Crippen molar-refractivity contribution in [2.75, 3.05) is 14.2 Å². The molecule has 0 unspecified atom stereocenters. The van der Waals surface area contributed by atoms with E-state index in [-0.39, 0.29) is 22.6 Å². The molecule has 0 spiro atoms. The van der Waals surface area contributed by atoms with Gasteiger partial charge in [0.2, 0.25) is 0 Å². The standard InChI is InChI=1S/C19H19N3O6S/c1-13-5-4-6-17-20-15(11-18(23)22(13)17)12-28-19(24)14-7-9-16(10-8-14)29(25,26)21(2)27-3/h4-11H,12H2,1-3H3. The maximum absolute atomic E-state index is 12.3. The minimum atomic E-state index is -3.80. The van der Waals surface area contributed by atoms with Gasteiger partial charge in [-0.1, -0.05) is 10.5 Å². The van der Waals surface area contributed by atoms with Crippen molar-refractivity contribution in [3.8, 4) is 0 Å². The Morgan fingerprint density at radius 1 is 1.17 bits per heavy atom. The van der Waals surface area contributed by atoms with E-state index in [1.165, 1.54) is 48.9 Å². The molecule has 0 saturated heterocycles. The van der Waals surface area contributed by atoms with Gasteiger partial charge in [-0.05, 0) is 43.3 Å². The molecule has 0 atom stereocenters. The van der Waals surface area contributed by atoms with Crippen LogP contribution in [0.15, 0.2) is 58.2 Å². The predicted molar refractivity (Wildman–Crippen MR) is 104 cm³/mol. The number of hydroxylamine groups is 1. The Bertz CT molecular complexity index is 1220. The lowest BCUT2D eigenvalue weighted by Gasteiger charge is -2.14. The Balaban J connectivity index is 1.75. The molecule has 2 aromatic heterocycles. The second-order valence-electron chi connectivity index (χ2n) is 6.14. The number of hydrogen-bond donors (Lipinski definition) is 0. The molecule has 10 heteroatoms.